The van der Waals surface area contributed by atoms with Crippen molar-refractivity contribution < 1.29 is 17.9 Å². The Balaban J connectivity index is 1.94. The van der Waals surface area contributed by atoms with Crippen LogP contribution in [0.25, 0.3) is 0 Å². The maximum atomic E-state index is 13.3. The van der Waals surface area contributed by atoms with Crippen molar-refractivity contribution in [2.45, 2.75) is 56.4 Å². The molecule has 1 saturated carbocycles. The Morgan fingerprint density at radius 2 is 1.92 bits per heavy atom. The van der Waals surface area contributed by atoms with Gasteiger partial charge >= 0.3 is 0 Å². The number of ether oxygens (including phenoxy) is 1. The summed E-state index contributed by atoms with van der Waals surface area (Å²) in [5.74, 6) is 0.659. The highest BCUT2D eigenvalue weighted by Gasteiger charge is 2.40. The summed E-state index contributed by atoms with van der Waals surface area (Å²) in [5, 5.41) is 2.65. The molecule has 2 atom stereocenters. The molecule has 1 N–H and O–H groups in total. The molecule has 138 valence electrons. The summed E-state index contributed by atoms with van der Waals surface area (Å²) in [5.41, 5.74) is 0.383. The number of amides is 1. The Hall–Kier alpha value is -1.60. The fourth-order valence-corrected chi connectivity index (χ4v) is 5.93. The van der Waals surface area contributed by atoms with Gasteiger partial charge in [0.1, 0.15) is 5.75 Å². The lowest BCUT2D eigenvalue weighted by Gasteiger charge is -2.43. The van der Waals surface area contributed by atoms with Gasteiger partial charge in [-0.1, -0.05) is 12.8 Å². The van der Waals surface area contributed by atoms with Crippen LogP contribution in [0.4, 0.5) is 5.69 Å². The van der Waals surface area contributed by atoms with Crippen LogP contribution in [-0.2, 0) is 14.8 Å². The Bertz CT molecular complexity index is 745. The van der Waals surface area contributed by atoms with Gasteiger partial charge in [0.2, 0.25) is 15.9 Å². The van der Waals surface area contributed by atoms with Gasteiger partial charge in [-0.3, -0.25) is 4.79 Å². The molecule has 2 fully saturated rings. The highest BCUT2D eigenvalue weighted by atomic mass is 32.2. The fourth-order valence-electron chi connectivity index (χ4n) is 4.15. The van der Waals surface area contributed by atoms with Gasteiger partial charge < -0.3 is 10.1 Å². The summed E-state index contributed by atoms with van der Waals surface area (Å²) in [7, 11) is -2.10. The molecule has 0 aromatic heterocycles. The van der Waals surface area contributed by atoms with Crippen LogP contribution in [0.2, 0.25) is 0 Å². The average molecular weight is 366 g/mol. The predicted molar refractivity (Wildman–Crippen MR) is 96.2 cm³/mol. The maximum Gasteiger partial charge on any atom is 0.243 e. The first kappa shape index (κ1) is 18.2. The number of sulfonamides is 1. The molecule has 2 aliphatic rings. The number of piperidine rings is 1. The Morgan fingerprint density at radius 1 is 1.20 bits per heavy atom. The Kier molecular flexibility index (Phi) is 5.34. The van der Waals surface area contributed by atoms with E-state index in [1.54, 1.807) is 16.4 Å². The predicted octanol–water partition coefficient (Wildman–Crippen LogP) is 3.00. The van der Waals surface area contributed by atoms with E-state index in [-0.39, 0.29) is 16.8 Å². The summed E-state index contributed by atoms with van der Waals surface area (Å²) in [6, 6.07) is 4.77. The second kappa shape index (κ2) is 7.33. The second-order valence-corrected chi connectivity index (χ2v) is 8.80. The van der Waals surface area contributed by atoms with E-state index in [1.807, 2.05) is 0 Å². The molecular formula is C18H26N2O4S. The molecule has 25 heavy (non-hydrogen) atoms. The molecule has 1 amide bonds. The van der Waals surface area contributed by atoms with Crippen molar-refractivity contribution in [3.05, 3.63) is 18.2 Å². The third-order valence-corrected chi connectivity index (χ3v) is 7.20. The first-order valence-corrected chi connectivity index (χ1v) is 10.3. The number of carbonyl (C=O) groups is 1. The standard InChI is InChI=1S/C18H26N2O4S/c1-13(21)19-16-12-15(9-10-18(16)24-2)25(22,23)20-11-5-7-14-6-3-4-8-17(14)20/h9-10,12,14,17H,3-8,11H2,1-2H3,(H,19,21)/t14-,17+/m1/s1. The second-order valence-electron chi connectivity index (χ2n) is 6.91. The molecule has 0 unspecified atom stereocenters. The molecule has 1 heterocycles. The number of anilines is 1. The van der Waals surface area contributed by atoms with Crippen molar-refractivity contribution in [3.63, 3.8) is 0 Å². The summed E-state index contributed by atoms with van der Waals surface area (Å²) < 4.78 is 33.4. The zero-order chi connectivity index (χ0) is 18.0. The molecule has 1 aromatic rings. The van der Waals surface area contributed by atoms with Gasteiger partial charge in [0.15, 0.2) is 0 Å². The average Bonchev–Trinajstić information content (AvgIpc) is 2.60. The van der Waals surface area contributed by atoms with Crippen LogP contribution in [0, 0.1) is 5.92 Å². The van der Waals surface area contributed by atoms with Gasteiger partial charge in [-0.2, -0.15) is 4.31 Å². The van der Waals surface area contributed by atoms with E-state index in [9.17, 15) is 13.2 Å². The van der Waals surface area contributed by atoms with E-state index in [0.29, 0.717) is 23.9 Å². The molecule has 1 aliphatic carbocycles. The van der Waals surface area contributed by atoms with Crippen LogP contribution in [0.15, 0.2) is 23.1 Å². The number of rotatable bonds is 4. The van der Waals surface area contributed by atoms with Crippen LogP contribution in [0.1, 0.15) is 45.4 Å². The van der Waals surface area contributed by atoms with Crippen LogP contribution in [0.5, 0.6) is 5.75 Å². The minimum Gasteiger partial charge on any atom is -0.495 e. The lowest BCUT2D eigenvalue weighted by atomic mass is 9.79. The molecule has 0 radical (unpaired) electrons. The molecule has 3 rings (SSSR count). The summed E-state index contributed by atoms with van der Waals surface area (Å²) in [6.45, 7) is 1.96. The van der Waals surface area contributed by atoms with Gasteiger partial charge in [-0.15, -0.1) is 0 Å². The number of methoxy groups -OCH3 is 1. The smallest absolute Gasteiger partial charge is 0.243 e. The summed E-state index contributed by atoms with van der Waals surface area (Å²) in [4.78, 5) is 11.6. The van der Waals surface area contributed by atoms with E-state index in [0.717, 1.165) is 32.1 Å². The fraction of sp³-hybridized carbons (Fsp3) is 0.611. The van der Waals surface area contributed by atoms with Gasteiger partial charge in [0, 0.05) is 19.5 Å². The molecule has 0 bridgehead atoms. The molecule has 1 saturated heterocycles. The third kappa shape index (κ3) is 3.67. The first-order chi connectivity index (χ1) is 11.9. The number of fused-ring (bicyclic) bond motifs is 1. The Morgan fingerprint density at radius 3 is 2.64 bits per heavy atom. The number of nitrogens with one attached hydrogen (secondary N) is 1. The van der Waals surface area contributed by atoms with Crippen molar-refractivity contribution in [1.82, 2.24) is 4.31 Å². The van der Waals surface area contributed by atoms with Crippen LogP contribution >= 0.6 is 0 Å². The number of hydrogen-bond acceptors (Lipinski definition) is 4. The monoisotopic (exact) mass is 366 g/mol. The van der Waals surface area contributed by atoms with Crippen molar-refractivity contribution in [2.75, 3.05) is 19.0 Å². The van der Waals surface area contributed by atoms with Gasteiger partial charge in [-0.05, 0) is 49.8 Å². The maximum absolute atomic E-state index is 13.3. The van der Waals surface area contributed by atoms with Gasteiger partial charge in [-0.25, -0.2) is 8.42 Å². The van der Waals surface area contributed by atoms with E-state index in [1.165, 1.54) is 26.5 Å². The molecule has 0 spiro atoms. The van der Waals surface area contributed by atoms with E-state index in [4.69, 9.17) is 4.74 Å². The number of nitrogens with zero attached hydrogens (tertiary/aromatic N) is 1. The van der Waals surface area contributed by atoms with Gasteiger partial charge in [0.05, 0.1) is 17.7 Å². The number of hydrogen-bond donors (Lipinski definition) is 1. The quantitative estimate of drug-likeness (QED) is 0.889. The third-order valence-electron chi connectivity index (χ3n) is 5.28. The SMILES string of the molecule is COc1ccc(S(=O)(=O)N2CCC[C@H]3CCCC[C@@H]32)cc1NC(C)=O. The number of benzene rings is 1. The van der Waals surface area contributed by atoms with Crippen molar-refractivity contribution >= 4 is 21.6 Å². The van der Waals surface area contributed by atoms with Crippen LogP contribution < -0.4 is 10.1 Å². The normalized spacial score (nSPS) is 24.4. The molecule has 7 heteroatoms. The highest BCUT2D eigenvalue weighted by Crippen LogP contribution is 2.39. The van der Waals surface area contributed by atoms with E-state index < -0.39 is 10.0 Å². The largest absolute Gasteiger partial charge is 0.495 e. The first-order valence-electron chi connectivity index (χ1n) is 8.91. The molecule has 1 aromatic carbocycles. The summed E-state index contributed by atoms with van der Waals surface area (Å²) >= 11 is 0. The van der Waals surface area contributed by atoms with E-state index >= 15 is 0 Å². The molecular weight excluding hydrogens is 340 g/mol. The zero-order valence-corrected chi connectivity index (χ0v) is 15.6. The van der Waals surface area contributed by atoms with Gasteiger partial charge in [0.25, 0.3) is 0 Å². The van der Waals surface area contributed by atoms with Crippen molar-refractivity contribution in [3.8, 4) is 5.75 Å². The van der Waals surface area contributed by atoms with Crippen LogP contribution in [-0.4, -0.2) is 38.3 Å². The minimum atomic E-state index is -3.59. The zero-order valence-electron chi connectivity index (χ0n) is 14.8. The Labute approximate surface area is 149 Å². The molecule has 1 aliphatic heterocycles. The van der Waals surface area contributed by atoms with E-state index in [2.05, 4.69) is 5.32 Å². The molecule has 6 nitrogen and oxygen atoms in total. The highest BCUT2D eigenvalue weighted by molar-refractivity contribution is 7.89. The number of carbonyl (C=O) groups excluding carboxylic acids is 1. The topological polar surface area (TPSA) is 75.7 Å². The van der Waals surface area contributed by atoms with Crippen molar-refractivity contribution in [1.29, 1.82) is 0 Å². The minimum absolute atomic E-state index is 0.110. The van der Waals surface area contributed by atoms with Crippen LogP contribution in [0.3, 0.4) is 0 Å². The summed E-state index contributed by atoms with van der Waals surface area (Å²) in [6.07, 6.45) is 6.39. The van der Waals surface area contributed by atoms with Crippen molar-refractivity contribution in [2.24, 2.45) is 5.92 Å². The lowest BCUT2D eigenvalue weighted by molar-refractivity contribution is -0.114. The lowest BCUT2D eigenvalue weighted by Crippen LogP contribution is -2.49.